The number of nitrogens with two attached hydrogens (primary N) is 1. The zero-order valence-corrected chi connectivity index (χ0v) is 12.8. The number of nitrogens with zero attached hydrogens (tertiary/aromatic N) is 2. The number of primary amides is 1. The number of carboxylic acid groups (broad SMARTS) is 1. The molecule has 0 aliphatic carbocycles. The second-order valence-electron chi connectivity index (χ2n) is 5.34. The molecule has 3 N–H and O–H groups in total. The van der Waals surface area contributed by atoms with E-state index in [4.69, 9.17) is 5.73 Å². The van der Waals surface area contributed by atoms with Crippen LogP contribution >= 0.6 is 0 Å². The van der Waals surface area contributed by atoms with Crippen molar-refractivity contribution in [3.8, 4) is 0 Å². The van der Waals surface area contributed by atoms with Crippen molar-refractivity contribution in [1.82, 2.24) is 4.98 Å². The van der Waals surface area contributed by atoms with Crippen LogP contribution in [0, 0.1) is 0 Å². The molecule has 0 aliphatic heterocycles. The van der Waals surface area contributed by atoms with Crippen LogP contribution in [-0.4, -0.2) is 35.1 Å². The van der Waals surface area contributed by atoms with Gasteiger partial charge in [-0.15, -0.1) is 0 Å². The van der Waals surface area contributed by atoms with Crippen molar-refractivity contribution in [2.75, 3.05) is 18.0 Å². The smallest absolute Gasteiger partial charge is 0.335 e. The van der Waals surface area contributed by atoms with Crippen LogP contribution in [0.3, 0.4) is 0 Å². The maximum atomic E-state index is 11.2. The Morgan fingerprint density at radius 3 is 2.52 bits per heavy atom. The molecule has 1 amide bonds. The minimum Gasteiger partial charge on any atom is -0.478 e. The van der Waals surface area contributed by atoms with Gasteiger partial charge in [0.05, 0.1) is 12.1 Å². The highest BCUT2D eigenvalue weighted by atomic mass is 16.4. The van der Waals surface area contributed by atoms with Crippen LogP contribution in [0.1, 0.15) is 55.6 Å². The predicted molar refractivity (Wildman–Crippen MR) is 81.6 cm³/mol. The van der Waals surface area contributed by atoms with Crippen molar-refractivity contribution in [2.45, 2.75) is 39.5 Å². The van der Waals surface area contributed by atoms with Crippen molar-refractivity contribution in [3.63, 3.8) is 0 Å². The quantitative estimate of drug-likeness (QED) is 0.764. The number of aromatic nitrogens is 1. The van der Waals surface area contributed by atoms with E-state index in [0.717, 1.165) is 12.8 Å². The maximum Gasteiger partial charge on any atom is 0.335 e. The summed E-state index contributed by atoms with van der Waals surface area (Å²) in [6.45, 7) is 6.59. The summed E-state index contributed by atoms with van der Waals surface area (Å²) in [5, 5.41) is 9.22. The van der Waals surface area contributed by atoms with Crippen molar-refractivity contribution < 1.29 is 14.7 Å². The topological polar surface area (TPSA) is 96.5 Å². The third-order valence-corrected chi connectivity index (χ3v) is 3.12. The van der Waals surface area contributed by atoms with Gasteiger partial charge in [-0.2, -0.15) is 0 Å². The van der Waals surface area contributed by atoms with E-state index >= 15 is 0 Å². The lowest BCUT2D eigenvalue weighted by Gasteiger charge is -2.23. The first-order valence-corrected chi connectivity index (χ1v) is 7.13. The zero-order chi connectivity index (χ0) is 16.0. The zero-order valence-electron chi connectivity index (χ0n) is 12.8. The Kier molecular flexibility index (Phi) is 6.14. The van der Waals surface area contributed by atoms with Crippen LogP contribution < -0.4 is 10.6 Å². The summed E-state index contributed by atoms with van der Waals surface area (Å²) < 4.78 is 0. The van der Waals surface area contributed by atoms with Gasteiger partial charge in [-0.25, -0.2) is 9.78 Å². The van der Waals surface area contributed by atoms with Crippen molar-refractivity contribution >= 4 is 17.7 Å². The summed E-state index contributed by atoms with van der Waals surface area (Å²) >= 11 is 0. The lowest BCUT2D eigenvalue weighted by Crippen LogP contribution is -2.35. The Labute approximate surface area is 125 Å². The highest BCUT2D eigenvalue weighted by molar-refractivity contribution is 5.89. The summed E-state index contributed by atoms with van der Waals surface area (Å²) in [5.41, 5.74) is 6.14. The van der Waals surface area contributed by atoms with E-state index < -0.39 is 11.9 Å². The largest absolute Gasteiger partial charge is 0.478 e. The molecular formula is C15H23N3O3. The summed E-state index contributed by atoms with van der Waals surface area (Å²) in [6.07, 6.45) is 1.84. The van der Waals surface area contributed by atoms with E-state index in [9.17, 15) is 14.7 Å². The Bertz CT molecular complexity index is 515. The fraction of sp³-hybridized carbons (Fsp3) is 0.533. The molecule has 0 radical (unpaired) electrons. The second-order valence-corrected chi connectivity index (χ2v) is 5.34. The Hall–Kier alpha value is -2.11. The number of rotatable bonds is 8. The molecule has 0 aliphatic rings. The Morgan fingerprint density at radius 1 is 1.38 bits per heavy atom. The number of amides is 1. The van der Waals surface area contributed by atoms with Gasteiger partial charge >= 0.3 is 5.97 Å². The van der Waals surface area contributed by atoms with E-state index in [1.165, 1.54) is 6.07 Å². The van der Waals surface area contributed by atoms with Gasteiger partial charge in [0, 0.05) is 12.2 Å². The number of carbonyl (C=O) groups excluding carboxylic acids is 1. The molecule has 0 fully saturated rings. The van der Waals surface area contributed by atoms with Crippen molar-refractivity contribution in [2.24, 2.45) is 5.73 Å². The molecule has 6 heteroatoms. The van der Waals surface area contributed by atoms with Crippen LogP contribution in [0.25, 0.3) is 0 Å². The normalized spacial score (nSPS) is 10.7. The molecule has 0 unspecified atom stereocenters. The molecule has 0 atom stereocenters. The maximum absolute atomic E-state index is 11.2. The number of hydrogen-bond donors (Lipinski definition) is 2. The highest BCUT2D eigenvalue weighted by Crippen LogP contribution is 2.21. The van der Waals surface area contributed by atoms with Crippen molar-refractivity contribution in [1.29, 1.82) is 0 Å². The number of pyridine rings is 1. The van der Waals surface area contributed by atoms with Gasteiger partial charge in [0.1, 0.15) is 5.82 Å². The number of unbranched alkanes of at least 4 members (excludes halogenated alkanes) is 1. The second kappa shape index (κ2) is 7.61. The summed E-state index contributed by atoms with van der Waals surface area (Å²) in [7, 11) is 0. The highest BCUT2D eigenvalue weighted by Gasteiger charge is 2.16. The third kappa shape index (κ3) is 5.06. The fourth-order valence-corrected chi connectivity index (χ4v) is 1.93. The SMILES string of the molecule is CCCCN(CC(N)=O)c1cc(C(=O)O)cc(C(C)C)n1. The van der Waals surface area contributed by atoms with Crippen LogP contribution in [0.2, 0.25) is 0 Å². The molecule has 0 spiro atoms. The van der Waals surface area contributed by atoms with Gasteiger partial charge in [-0.3, -0.25) is 4.79 Å². The van der Waals surface area contributed by atoms with Crippen LogP contribution in [0.15, 0.2) is 12.1 Å². The number of carbonyl (C=O) groups is 2. The molecule has 6 nitrogen and oxygen atoms in total. The number of carboxylic acids is 1. The first kappa shape index (κ1) is 16.9. The first-order chi connectivity index (χ1) is 9.85. The fourth-order valence-electron chi connectivity index (χ4n) is 1.93. The van der Waals surface area contributed by atoms with Gasteiger partial charge in [0.2, 0.25) is 5.91 Å². The van der Waals surface area contributed by atoms with Gasteiger partial charge in [0.25, 0.3) is 0 Å². The van der Waals surface area contributed by atoms with Gasteiger partial charge in [0.15, 0.2) is 0 Å². The molecule has 1 rings (SSSR count). The molecule has 0 saturated carbocycles. The molecule has 1 aromatic rings. The average Bonchev–Trinajstić information content (AvgIpc) is 2.42. The van der Waals surface area contributed by atoms with E-state index in [0.29, 0.717) is 18.1 Å². The molecule has 0 bridgehead atoms. The summed E-state index contributed by atoms with van der Waals surface area (Å²) in [5.74, 6) is -0.870. The van der Waals surface area contributed by atoms with Gasteiger partial charge < -0.3 is 15.7 Å². The molecule has 1 heterocycles. The molecule has 116 valence electrons. The number of aromatic carboxylic acids is 1. The Morgan fingerprint density at radius 2 is 2.05 bits per heavy atom. The summed E-state index contributed by atoms with van der Waals surface area (Å²) in [6, 6.07) is 3.06. The monoisotopic (exact) mass is 293 g/mol. The van der Waals surface area contributed by atoms with Crippen LogP contribution in [0.4, 0.5) is 5.82 Å². The van der Waals surface area contributed by atoms with Crippen LogP contribution in [-0.2, 0) is 4.79 Å². The first-order valence-electron chi connectivity index (χ1n) is 7.13. The number of anilines is 1. The lowest BCUT2D eigenvalue weighted by molar-refractivity contribution is -0.116. The molecule has 0 saturated heterocycles. The minimum atomic E-state index is -1.00. The van der Waals surface area contributed by atoms with E-state index in [-0.39, 0.29) is 18.0 Å². The molecule has 0 aromatic carbocycles. The van der Waals surface area contributed by atoms with E-state index in [1.54, 1.807) is 11.0 Å². The van der Waals surface area contributed by atoms with Crippen molar-refractivity contribution in [3.05, 3.63) is 23.4 Å². The lowest BCUT2D eigenvalue weighted by atomic mass is 10.1. The average molecular weight is 293 g/mol. The third-order valence-electron chi connectivity index (χ3n) is 3.12. The van der Waals surface area contributed by atoms with Crippen LogP contribution in [0.5, 0.6) is 0 Å². The summed E-state index contributed by atoms with van der Waals surface area (Å²) in [4.78, 5) is 28.7. The standard InChI is InChI=1S/C15H23N3O3/c1-4-5-6-18(9-13(16)19)14-8-11(15(20)21)7-12(17-14)10(2)3/h7-8,10H,4-6,9H2,1-3H3,(H2,16,19)(H,20,21). The molecular weight excluding hydrogens is 270 g/mol. The van der Waals surface area contributed by atoms with E-state index in [2.05, 4.69) is 4.98 Å². The predicted octanol–water partition coefficient (Wildman–Crippen LogP) is 1.99. The van der Waals surface area contributed by atoms with Gasteiger partial charge in [-0.05, 0) is 24.5 Å². The molecule has 1 aromatic heterocycles. The Balaban J connectivity index is 3.20. The van der Waals surface area contributed by atoms with E-state index in [1.807, 2.05) is 20.8 Å². The minimum absolute atomic E-state index is 0.0353. The number of hydrogen-bond acceptors (Lipinski definition) is 4. The molecule has 21 heavy (non-hydrogen) atoms. The van der Waals surface area contributed by atoms with Gasteiger partial charge in [-0.1, -0.05) is 27.2 Å².